The predicted molar refractivity (Wildman–Crippen MR) is 90.3 cm³/mol. The molecule has 118 valence electrons. The molecule has 0 aliphatic heterocycles. The molecule has 1 heterocycles. The van der Waals surface area contributed by atoms with Crippen LogP contribution in [0.25, 0.3) is 11.1 Å². The van der Waals surface area contributed by atoms with Crippen LogP contribution in [0, 0.1) is 6.92 Å². The number of hydrogen-bond donors (Lipinski definition) is 2. The Morgan fingerprint density at radius 2 is 2.00 bits per heavy atom. The first-order chi connectivity index (χ1) is 10.6. The number of nitrogens with one attached hydrogen (secondary N) is 1. The van der Waals surface area contributed by atoms with Crippen LogP contribution in [-0.2, 0) is 4.74 Å². The van der Waals surface area contributed by atoms with Crippen LogP contribution in [0.15, 0.2) is 30.5 Å². The highest BCUT2D eigenvalue weighted by molar-refractivity contribution is 5.85. The first-order valence-electron chi connectivity index (χ1n) is 7.21. The van der Waals surface area contributed by atoms with Gasteiger partial charge in [-0.15, -0.1) is 0 Å². The summed E-state index contributed by atoms with van der Waals surface area (Å²) in [7, 11) is 3.33. The minimum Gasteiger partial charge on any atom is -0.497 e. The second-order valence-corrected chi connectivity index (χ2v) is 5.30. The third kappa shape index (κ3) is 3.49. The quantitative estimate of drug-likeness (QED) is 0.858. The fourth-order valence-electron chi connectivity index (χ4n) is 2.41. The maximum atomic E-state index is 6.30. The molecule has 1 aromatic carbocycles. The van der Waals surface area contributed by atoms with Gasteiger partial charge in [0.2, 0.25) is 0 Å². The zero-order chi connectivity index (χ0) is 16.1. The summed E-state index contributed by atoms with van der Waals surface area (Å²) in [5, 5.41) is 3.28. The van der Waals surface area contributed by atoms with Crippen LogP contribution in [0.4, 0.5) is 11.5 Å². The lowest BCUT2D eigenvalue weighted by Crippen LogP contribution is -2.22. The van der Waals surface area contributed by atoms with Crippen LogP contribution in [-0.4, -0.2) is 31.9 Å². The summed E-state index contributed by atoms with van der Waals surface area (Å²) in [6.07, 6.45) is 1.76. The molecule has 5 heteroatoms. The van der Waals surface area contributed by atoms with Gasteiger partial charge in [-0.2, -0.15) is 0 Å². The van der Waals surface area contributed by atoms with Crippen molar-refractivity contribution >= 4 is 11.5 Å². The lowest BCUT2D eigenvalue weighted by molar-refractivity contribution is 0.190. The van der Waals surface area contributed by atoms with Crippen molar-refractivity contribution in [3.63, 3.8) is 0 Å². The van der Waals surface area contributed by atoms with Gasteiger partial charge in [0.15, 0.2) is 0 Å². The van der Waals surface area contributed by atoms with Gasteiger partial charge in [0, 0.05) is 24.9 Å². The number of hydrogen-bond acceptors (Lipinski definition) is 5. The van der Waals surface area contributed by atoms with E-state index in [1.807, 2.05) is 38.1 Å². The minimum absolute atomic E-state index is 0.131. The minimum atomic E-state index is 0.131. The van der Waals surface area contributed by atoms with Crippen molar-refractivity contribution in [3.8, 4) is 16.9 Å². The van der Waals surface area contributed by atoms with Gasteiger partial charge in [0.1, 0.15) is 11.6 Å². The zero-order valence-electron chi connectivity index (χ0n) is 13.5. The van der Waals surface area contributed by atoms with E-state index in [1.54, 1.807) is 20.4 Å². The van der Waals surface area contributed by atoms with Gasteiger partial charge >= 0.3 is 0 Å². The predicted octanol–water partition coefficient (Wildman–Crippen LogP) is 3.09. The standard InChI is InChI=1S/C17H23N3O2/c1-11-9-13(22-4)5-6-14(11)15-7-8-19-17(16(15)18)20-12(2)10-21-3/h5-9,12H,10,18H2,1-4H3,(H,19,20). The molecule has 0 fully saturated rings. The van der Waals surface area contributed by atoms with E-state index in [0.717, 1.165) is 22.4 Å². The van der Waals surface area contributed by atoms with Crippen molar-refractivity contribution in [3.05, 3.63) is 36.0 Å². The van der Waals surface area contributed by atoms with E-state index < -0.39 is 0 Å². The van der Waals surface area contributed by atoms with Gasteiger partial charge in [0.25, 0.3) is 0 Å². The first kappa shape index (κ1) is 16.1. The maximum absolute atomic E-state index is 6.30. The van der Waals surface area contributed by atoms with E-state index in [-0.39, 0.29) is 6.04 Å². The Morgan fingerprint density at radius 3 is 2.64 bits per heavy atom. The number of anilines is 2. The number of benzene rings is 1. The molecule has 0 aliphatic rings. The molecule has 1 aromatic heterocycles. The molecule has 0 aliphatic carbocycles. The number of ether oxygens (including phenoxy) is 2. The van der Waals surface area contributed by atoms with Crippen molar-refractivity contribution in [2.75, 3.05) is 31.9 Å². The topological polar surface area (TPSA) is 69.4 Å². The van der Waals surface area contributed by atoms with E-state index in [9.17, 15) is 0 Å². The highest BCUT2D eigenvalue weighted by Crippen LogP contribution is 2.33. The van der Waals surface area contributed by atoms with Gasteiger partial charge in [-0.05, 0) is 43.2 Å². The summed E-state index contributed by atoms with van der Waals surface area (Å²) in [4.78, 5) is 4.33. The van der Waals surface area contributed by atoms with E-state index >= 15 is 0 Å². The molecule has 1 atom stereocenters. The fourth-order valence-corrected chi connectivity index (χ4v) is 2.41. The number of rotatable bonds is 6. The average molecular weight is 301 g/mol. The van der Waals surface area contributed by atoms with Gasteiger partial charge in [0.05, 0.1) is 19.4 Å². The van der Waals surface area contributed by atoms with Gasteiger partial charge in [-0.3, -0.25) is 0 Å². The number of aromatic nitrogens is 1. The molecule has 2 aromatic rings. The Bertz CT molecular complexity index is 644. The number of nitrogen functional groups attached to an aromatic ring is 1. The van der Waals surface area contributed by atoms with E-state index in [4.69, 9.17) is 15.2 Å². The van der Waals surface area contributed by atoms with E-state index in [2.05, 4.69) is 10.3 Å². The van der Waals surface area contributed by atoms with Crippen molar-refractivity contribution in [1.82, 2.24) is 4.98 Å². The summed E-state index contributed by atoms with van der Waals surface area (Å²) >= 11 is 0. The zero-order valence-corrected chi connectivity index (χ0v) is 13.5. The van der Waals surface area contributed by atoms with Crippen molar-refractivity contribution in [2.45, 2.75) is 19.9 Å². The Labute approximate surface area is 131 Å². The smallest absolute Gasteiger partial charge is 0.150 e. The van der Waals surface area contributed by atoms with Crippen LogP contribution >= 0.6 is 0 Å². The lowest BCUT2D eigenvalue weighted by Gasteiger charge is -2.17. The molecule has 0 spiro atoms. The second-order valence-electron chi connectivity index (χ2n) is 5.30. The molecule has 0 saturated heterocycles. The molecule has 22 heavy (non-hydrogen) atoms. The van der Waals surface area contributed by atoms with Gasteiger partial charge < -0.3 is 20.5 Å². The van der Waals surface area contributed by atoms with Gasteiger partial charge in [-0.25, -0.2) is 4.98 Å². The molecule has 1 unspecified atom stereocenters. The molecule has 2 rings (SSSR count). The third-order valence-electron chi connectivity index (χ3n) is 3.51. The highest BCUT2D eigenvalue weighted by atomic mass is 16.5. The van der Waals surface area contributed by atoms with Crippen LogP contribution in [0.3, 0.4) is 0 Å². The van der Waals surface area contributed by atoms with Crippen LogP contribution in [0.5, 0.6) is 5.75 Å². The molecule has 0 bridgehead atoms. The Hall–Kier alpha value is -2.27. The fraction of sp³-hybridized carbons (Fsp3) is 0.353. The number of aryl methyl sites for hydroxylation is 1. The number of nitrogens with two attached hydrogens (primary N) is 1. The average Bonchev–Trinajstić information content (AvgIpc) is 2.50. The SMILES string of the molecule is COCC(C)Nc1nccc(-c2ccc(OC)cc2C)c1N. The summed E-state index contributed by atoms with van der Waals surface area (Å²) in [6.45, 7) is 4.65. The molecule has 0 amide bonds. The number of methoxy groups -OCH3 is 2. The lowest BCUT2D eigenvalue weighted by atomic mass is 9.99. The number of pyridine rings is 1. The molecule has 0 saturated carbocycles. The third-order valence-corrected chi connectivity index (χ3v) is 3.51. The molecule has 5 nitrogen and oxygen atoms in total. The Balaban J connectivity index is 2.36. The highest BCUT2D eigenvalue weighted by Gasteiger charge is 2.12. The molecular formula is C17H23N3O2. The Kier molecular flexibility index (Phi) is 5.22. The van der Waals surface area contributed by atoms with Crippen LogP contribution in [0.1, 0.15) is 12.5 Å². The van der Waals surface area contributed by atoms with Crippen molar-refractivity contribution < 1.29 is 9.47 Å². The molecular weight excluding hydrogens is 278 g/mol. The van der Waals surface area contributed by atoms with Crippen LogP contribution < -0.4 is 15.8 Å². The summed E-state index contributed by atoms with van der Waals surface area (Å²) in [5.74, 6) is 1.51. The molecule has 3 N–H and O–H groups in total. The van der Waals surface area contributed by atoms with E-state index in [1.165, 1.54) is 0 Å². The first-order valence-corrected chi connectivity index (χ1v) is 7.21. The van der Waals surface area contributed by atoms with Crippen molar-refractivity contribution in [1.29, 1.82) is 0 Å². The summed E-state index contributed by atoms with van der Waals surface area (Å²) < 4.78 is 10.4. The Morgan fingerprint density at radius 1 is 1.23 bits per heavy atom. The van der Waals surface area contributed by atoms with E-state index in [0.29, 0.717) is 18.1 Å². The largest absolute Gasteiger partial charge is 0.497 e. The van der Waals surface area contributed by atoms with Gasteiger partial charge in [-0.1, -0.05) is 6.07 Å². The summed E-state index contributed by atoms with van der Waals surface area (Å²) in [5.41, 5.74) is 10.1. The normalized spacial score (nSPS) is 12.0. The second kappa shape index (κ2) is 7.13. The maximum Gasteiger partial charge on any atom is 0.150 e. The van der Waals surface area contributed by atoms with Crippen LogP contribution in [0.2, 0.25) is 0 Å². The monoisotopic (exact) mass is 301 g/mol. The van der Waals surface area contributed by atoms with Crippen molar-refractivity contribution in [2.24, 2.45) is 0 Å². The number of nitrogens with zero attached hydrogens (tertiary/aromatic N) is 1. The molecule has 0 radical (unpaired) electrons. The summed E-state index contributed by atoms with van der Waals surface area (Å²) in [6, 6.07) is 8.00.